The first-order valence-electron chi connectivity index (χ1n) is 8.47. The number of nitrogens with zero attached hydrogens (tertiary/aromatic N) is 4. The van der Waals surface area contributed by atoms with Crippen molar-refractivity contribution in [2.24, 2.45) is 0 Å². The van der Waals surface area contributed by atoms with Gasteiger partial charge in [-0.1, -0.05) is 29.8 Å². The Morgan fingerprint density at radius 2 is 1.81 bits per heavy atom. The number of aromatic nitrogens is 3. The average Bonchev–Trinajstić information content (AvgIpc) is 3.19. The molecule has 0 N–H and O–H groups in total. The standard InChI is InChI=1S/C18H18N4O3S/c23-26(24,15-6-2-1-3-7-15)22-13-5-4-8-16(22)18-20-17(21-25-18)14-9-11-19-12-10-14/h1-3,6-7,9-12,16H,4-5,8,13H2. The van der Waals surface area contributed by atoms with Crippen LogP contribution in [0.25, 0.3) is 11.4 Å². The Balaban J connectivity index is 1.68. The van der Waals surface area contributed by atoms with Gasteiger partial charge in [0.2, 0.25) is 21.7 Å². The molecule has 4 rings (SSSR count). The van der Waals surface area contributed by atoms with Crippen molar-refractivity contribution in [3.05, 3.63) is 60.7 Å². The third kappa shape index (κ3) is 3.13. The van der Waals surface area contributed by atoms with E-state index in [1.165, 1.54) is 4.31 Å². The first-order chi connectivity index (χ1) is 12.7. The van der Waals surface area contributed by atoms with E-state index in [1.54, 1.807) is 54.9 Å². The van der Waals surface area contributed by atoms with Crippen molar-refractivity contribution in [1.29, 1.82) is 0 Å². The maximum Gasteiger partial charge on any atom is 0.245 e. The molecule has 1 aliphatic rings. The molecule has 1 fully saturated rings. The van der Waals surface area contributed by atoms with Crippen LogP contribution in [-0.2, 0) is 10.0 Å². The molecular weight excluding hydrogens is 352 g/mol. The van der Waals surface area contributed by atoms with Crippen LogP contribution in [0.3, 0.4) is 0 Å². The van der Waals surface area contributed by atoms with E-state index in [9.17, 15) is 8.42 Å². The summed E-state index contributed by atoms with van der Waals surface area (Å²) >= 11 is 0. The van der Waals surface area contributed by atoms with Crippen molar-refractivity contribution in [3.63, 3.8) is 0 Å². The quantitative estimate of drug-likeness (QED) is 0.701. The molecule has 0 amide bonds. The van der Waals surface area contributed by atoms with Gasteiger partial charge in [-0.2, -0.15) is 9.29 Å². The van der Waals surface area contributed by atoms with Gasteiger partial charge in [0.25, 0.3) is 0 Å². The van der Waals surface area contributed by atoms with Gasteiger partial charge < -0.3 is 4.52 Å². The van der Waals surface area contributed by atoms with Crippen LogP contribution in [0, 0.1) is 0 Å². The summed E-state index contributed by atoms with van der Waals surface area (Å²) < 4.78 is 33.1. The van der Waals surface area contributed by atoms with Crippen molar-refractivity contribution in [3.8, 4) is 11.4 Å². The molecule has 3 aromatic rings. The number of pyridine rings is 1. The lowest BCUT2D eigenvalue weighted by Gasteiger charge is -2.32. The minimum absolute atomic E-state index is 0.278. The van der Waals surface area contributed by atoms with Gasteiger partial charge in [-0.25, -0.2) is 8.42 Å². The minimum Gasteiger partial charge on any atom is -0.337 e. The summed E-state index contributed by atoms with van der Waals surface area (Å²) in [7, 11) is -3.62. The molecule has 1 aromatic carbocycles. The SMILES string of the molecule is O=S(=O)(c1ccccc1)N1CCCCC1c1nc(-c2ccncc2)no1. The molecule has 1 atom stereocenters. The molecule has 2 aromatic heterocycles. The molecule has 134 valence electrons. The summed E-state index contributed by atoms with van der Waals surface area (Å²) in [6.45, 7) is 0.439. The van der Waals surface area contributed by atoms with E-state index >= 15 is 0 Å². The molecule has 7 nitrogen and oxygen atoms in total. The van der Waals surface area contributed by atoms with E-state index in [2.05, 4.69) is 15.1 Å². The lowest BCUT2D eigenvalue weighted by Crippen LogP contribution is -2.38. The fourth-order valence-electron chi connectivity index (χ4n) is 3.16. The second-order valence-corrected chi connectivity index (χ2v) is 8.02. The maximum absolute atomic E-state index is 13.1. The Labute approximate surface area is 151 Å². The number of rotatable bonds is 4. The lowest BCUT2D eigenvalue weighted by atomic mass is 10.1. The van der Waals surface area contributed by atoms with E-state index in [-0.39, 0.29) is 4.90 Å². The van der Waals surface area contributed by atoms with Crippen LogP contribution < -0.4 is 0 Å². The highest BCUT2D eigenvalue weighted by molar-refractivity contribution is 7.89. The van der Waals surface area contributed by atoms with E-state index < -0.39 is 16.1 Å². The number of piperidine rings is 1. The van der Waals surface area contributed by atoms with Gasteiger partial charge in [-0.3, -0.25) is 4.98 Å². The lowest BCUT2D eigenvalue weighted by molar-refractivity contribution is 0.204. The second-order valence-electron chi connectivity index (χ2n) is 6.13. The monoisotopic (exact) mass is 370 g/mol. The Hall–Kier alpha value is -2.58. The molecule has 0 spiro atoms. The fourth-order valence-corrected chi connectivity index (χ4v) is 4.83. The van der Waals surface area contributed by atoms with Gasteiger partial charge >= 0.3 is 0 Å². The third-order valence-electron chi connectivity index (χ3n) is 4.47. The fraction of sp³-hybridized carbons (Fsp3) is 0.278. The predicted octanol–water partition coefficient (Wildman–Crippen LogP) is 3.05. The molecule has 0 saturated carbocycles. The van der Waals surface area contributed by atoms with Crippen LogP contribution in [0.5, 0.6) is 0 Å². The summed E-state index contributed by atoms with van der Waals surface area (Å²) in [6, 6.07) is 11.6. The molecule has 1 saturated heterocycles. The largest absolute Gasteiger partial charge is 0.337 e. The van der Waals surface area contributed by atoms with Gasteiger partial charge in [0.1, 0.15) is 6.04 Å². The van der Waals surface area contributed by atoms with Crippen LogP contribution in [0.2, 0.25) is 0 Å². The van der Waals surface area contributed by atoms with Crippen molar-refractivity contribution in [2.45, 2.75) is 30.2 Å². The van der Waals surface area contributed by atoms with Gasteiger partial charge in [0.05, 0.1) is 4.90 Å². The van der Waals surface area contributed by atoms with Crippen LogP contribution in [0.4, 0.5) is 0 Å². The Morgan fingerprint density at radius 3 is 2.58 bits per heavy atom. The van der Waals surface area contributed by atoms with Crippen molar-refractivity contribution >= 4 is 10.0 Å². The van der Waals surface area contributed by atoms with Crippen LogP contribution >= 0.6 is 0 Å². The normalized spacial score (nSPS) is 18.7. The van der Waals surface area contributed by atoms with E-state index in [0.29, 0.717) is 24.7 Å². The summed E-state index contributed by atoms with van der Waals surface area (Å²) in [6.07, 6.45) is 5.69. The highest BCUT2D eigenvalue weighted by atomic mass is 32.2. The van der Waals surface area contributed by atoms with Crippen LogP contribution in [0.1, 0.15) is 31.2 Å². The molecule has 26 heavy (non-hydrogen) atoms. The maximum atomic E-state index is 13.1. The van der Waals surface area contributed by atoms with Crippen LogP contribution in [-0.4, -0.2) is 34.4 Å². The Kier molecular flexibility index (Phi) is 4.52. The molecule has 0 radical (unpaired) electrons. The summed E-state index contributed by atoms with van der Waals surface area (Å²) in [5.41, 5.74) is 0.781. The third-order valence-corrected chi connectivity index (χ3v) is 6.39. The summed E-state index contributed by atoms with van der Waals surface area (Å²) in [5.74, 6) is 0.765. The zero-order valence-electron chi connectivity index (χ0n) is 14.0. The van der Waals surface area contributed by atoms with Gasteiger partial charge in [-0.15, -0.1) is 0 Å². The predicted molar refractivity (Wildman–Crippen MR) is 94.5 cm³/mol. The summed E-state index contributed by atoms with van der Waals surface area (Å²) in [5, 5.41) is 4.02. The number of sulfonamides is 1. The second kappa shape index (κ2) is 6.97. The topological polar surface area (TPSA) is 89.2 Å². The minimum atomic E-state index is -3.62. The smallest absolute Gasteiger partial charge is 0.245 e. The number of benzene rings is 1. The van der Waals surface area contributed by atoms with E-state index in [4.69, 9.17) is 4.52 Å². The zero-order chi connectivity index (χ0) is 18.0. The number of hydrogen-bond acceptors (Lipinski definition) is 6. The molecular formula is C18H18N4O3S. The average molecular weight is 370 g/mol. The molecule has 8 heteroatoms. The molecule has 0 bridgehead atoms. The highest BCUT2D eigenvalue weighted by Gasteiger charge is 2.37. The van der Waals surface area contributed by atoms with E-state index in [1.807, 2.05) is 0 Å². The Morgan fingerprint density at radius 1 is 1.04 bits per heavy atom. The van der Waals surface area contributed by atoms with E-state index in [0.717, 1.165) is 18.4 Å². The van der Waals surface area contributed by atoms with Crippen molar-refractivity contribution in [2.75, 3.05) is 6.54 Å². The molecule has 0 aliphatic carbocycles. The Bertz CT molecular complexity index is 974. The van der Waals surface area contributed by atoms with Crippen molar-refractivity contribution in [1.82, 2.24) is 19.4 Å². The van der Waals surface area contributed by atoms with Crippen molar-refractivity contribution < 1.29 is 12.9 Å². The highest BCUT2D eigenvalue weighted by Crippen LogP contribution is 2.35. The van der Waals surface area contributed by atoms with Gasteiger partial charge in [0.15, 0.2) is 0 Å². The van der Waals surface area contributed by atoms with Gasteiger partial charge in [0, 0.05) is 24.5 Å². The molecule has 3 heterocycles. The van der Waals surface area contributed by atoms with Crippen LogP contribution in [0.15, 0.2) is 64.3 Å². The molecule has 1 aliphatic heterocycles. The molecule has 1 unspecified atom stereocenters. The number of hydrogen-bond donors (Lipinski definition) is 0. The zero-order valence-corrected chi connectivity index (χ0v) is 14.8. The first kappa shape index (κ1) is 16.9. The van der Waals surface area contributed by atoms with Gasteiger partial charge in [-0.05, 0) is 37.1 Å². The summed E-state index contributed by atoms with van der Waals surface area (Å²) in [4.78, 5) is 8.70. The first-order valence-corrected chi connectivity index (χ1v) is 9.91.